The summed E-state index contributed by atoms with van der Waals surface area (Å²) in [4.78, 5) is 11.3. The van der Waals surface area contributed by atoms with E-state index in [0.29, 0.717) is 6.61 Å². The van der Waals surface area contributed by atoms with Gasteiger partial charge in [-0.3, -0.25) is 5.43 Å². The summed E-state index contributed by atoms with van der Waals surface area (Å²) in [5.41, 5.74) is 2.69. The van der Waals surface area contributed by atoms with E-state index in [1.807, 2.05) is 5.01 Å². The lowest BCUT2D eigenvalue weighted by atomic mass is 10.3. The Morgan fingerprint density at radius 2 is 2.40 bits per heavy atom. The van der Waals surface area contributed by atoms with Gasteiger partial charge in [-0.1, -0.05) is 13.3 Å². The summed E-state index contributed by atoms with van der Waals surface area (Å²) in [6, 6.07) is 0. The Balaban J connectivity index is 2.10. The normalized spacial score (nSPS) is 21.6. The Morgan fingerprint density at radius 3 is 3.00 bits per heavy atom. The fraction of sp³-hybridized carbons (Fsp3) is 0.900. The number of hydrazine groups is 1. The molecule has 1 heterocycles. The van der Waals surface area contributed by atoms with Crippen LogP contribution in [0.2, 0.25) is 0 Å². The van der Waals surface area contributed by atoms with Crippen LogP contribution in [0.4, 0.5) is 4.79 Å². The summed E-state index contributed by atoms with van der Waals surface area (Å²) < 4.78 is 10.2. The SMILES string of the molecule is CCCCOC(=O)NN1CCC(OC)C1. The Bertz CT molecular complexity index is 199. The molecule has 1 aliphatic rings. The van der Waals surface area contributed by atoms with Gasteiger partial charge in [0.15, 0.2) is 0 Å². The number of ether oxygens (including phenoxy) is 2. The summed E-state index contributed by atoms with van der Waals surface area (Å²) in [5.74, 6) is 0. The fourth-order valence-corrected chi connectivity index (χ4v) is 1.49. The summed E-state index contributed by atoms with van der Waals surface area (Å²) in [5, 5.41) is 1.84. The molecule has 0 aliphatic carbocycles. The molecule has 1 aliphatic heterocycles. The van der Waals surface area contributed by atoms with Crippen molar-refractivity contribution in [3.63, 3.8) is 0 Å². The van der Waals surface area contributed by atoms with Gasteiger partial charge in [-0.05, 0) is 12.8 Å². The first-order valence-corrected chi connectivity index (χ1v) is 5.47. The molecular weight excluding hydrogens is 196 g/mol. The first kappa shape index (κ1) is 12.3. The van der Waals surface area contributed by atoms with Crippen molar-refractivity contribution in [1.29, 1.82) is 0 Å². The van der Waals surface area contributed by atoms with Crippen molar-refractivity contribution in [1.82, 2.24) is 10.4 Å². The number of hydrogen-bond acceptors (Lipinski definition) is 4. The maximum absolute atomic E-state index is 11.3. The van der Waals surface area contributed by atoms with E-state index in [2.05, 4.69) is 12.3 Å². The molecular formula is C10H20N2O3. The molecule has 1 fully saturated rings. The van der Waals surface area contributed by atoms with Crippen LogP contribution in [0.15, 0.2) is 0 Å². The standard InChI is InChI=1S/C10H20N2O3/c1-3-4-7-15-10(13)11-12-6-5-9(8-12)14-2/h9H,3-8H2,1-2H3,(H,11,13). The summed E-state index contributed by atoms with van der Waals surface area (Å²) in [7, 11) is 1.69. The van der Waals surface area contributed by atoms with Gasteiger partial charge in [0.1, 0.15) is 0 Å². The molecule has 1 rings (SSSR count). The minimum atomic E-state index is -0.361. The number of methoxy groups -OCH3 is 1. The zero-order valence-electron chi connectivity index (χ0n) is 9.49. The molecule has 15 heavy (non-hydrogen) atoms. The van der Waals surface area contributed by atoms with Crippen LogP contribution in [-0.4, -0.2) is 44.0 Å². The Labute approximate surface area is 90.7 Å². The van der Waals surface area contributed by atoms with Crippen LogP contribution in [-0.2, 0) is 9.47 Å². The molecule has 0 bridgehead atoms. The van der Waals surface area contributed by atoms with Gasteiger partial charge in [-0.15, -0.1) is 0 Å². The van der Waals surface area contributed by atoms with Gasteiger partial charge in [0.05, 0.1) is 12.7 Å². The third-order valence-corrected chi connectivity index (χ3v) is 2.46. The highest BCUT2D eigenvalue weighted by Gasteiger charge is 2.23. The fourth-order valence-electron chi connectivity index (χ4n) is 1.49. The molecule has 1 atom stereocenters. The minimum absolute atomic E-state index is 0.223. The van der Waals surface area contributed by atoms with Crippen molar-refractivity contribution in [3.8, 4) is 0 Å². The average molecular weight is 216 g/mol. The van der Waals surface area contributed by atoms with Crippen molar-refractivity contribution in [3.05, 3.63) is 0 Å². The molecule has 1 saturated heterocycles. The van der Waals surface area contributed by atoms with E-state index in [1.54, 1.807) is 7.11 Å². The smallest absolute Gasteiger partial charge is 0.421 e. The van der Waals surface area contributed by atoms with E-state index < -0.39 is 0 Å². The molecule has 0 spiro atoms. The Kier molecular flexibility index (Phi) is 5.42. The van der Waals surface area contributed by atoms with Crippen LogP contribution in [0.5, 0.6) is 0 Å². The number of hydrogen-bond donors (Lipinski definition) is 1. The quantitative estimate of drug-likeness (QED) is 0.700. The highest BCUT2D eigenvalue weighted by atomic mass is 16.6. The van der Waals surface area contributed by atoms with E-state index in [9.17, 15) is 4.79 Å². The summed E-state index contributed by atoms with van der Waals surface area (Å²) in [6.07, 6.45) is 2.75. The zero-order valence-corrected chi connectivity index (χ0v) is 9.49. The number of carbonyl (C=O) groups excluding carboxylic acids is 1. The van der Waals surface area contributed by atoms with Crippen LogP contribution in [0.3, 0.4) is 0 Å². The second-order valence-electron chi connectivity index (χ2n) is 3.69. The lowest BCUT2D eigenvalue weighted by Gasteiger charge is -2.16. The van der Waals surface area contributed by atoms with E-state index in [0.717, 1.165) is 32.4 Å². The van der Waals surface area contributed by atoms with Crippen molar-refractivity contribution in [2.45, 2.75) is 32.3 Å². The number of amides is 1. The third kappa shape index (κ3) is 4.48. The van der Waals surface area contributed by atoms with Gasteiger partial charge in [-0.25, -0.2) is 9.80 Å². The molecule has 1 N–H and O–H groups in total. The molecule has 88 valence electrons. The molecule has 5 nitrogen and oxygen atoms in total. The molecule has 0 radical (unpaired) electrons. The second-order valence-corrected chi connectivity index (χ2v) is 3.69. The third-order valence-electron chi connectivity index (χ3n) is 2.46. The van der Waals surface area contributed by atoms with E-state index in [1.165, 1.54) is 0 Å². The Morgan fingerprint density at radius 1 is 1.60 bits per heavy atom. The van der Waals surface area contributed by atoms with Gasteiger partial charge < -0.3 is 9.47 Å². The minimum Gasteiger partial charge on any atom is -0.449 e. The molecule has 1 amide bonds. The number of rotatable bonds is 5. The van der Waals surface area contributed by atoms with Crippen LogP contribution < -0.4 is 5.43 Å². The lowest BCUT2D eigenvalue weighted by Crippen LogP contribution is -2.41. The van der Waals surface area contributed by atoms with Crippen molar-refractivity contribution < 1.29 is 14.3 Å². The lowest BCUT2D eigenvalue weighted by molar-refractivity contribution is 0.0871. The highest BCUT2D eigenvalue weighted by molar-refractivity contribution is 5.66. The average Bonchev–Trinajstić information content (AvgIpc) is 2.66. The van der Waals surface area contributed by atoms with E-state index in [-0.39, 0.29) is 12.2 Å². The predicted molar refractivity (Wildman–Crippen MR) is 56.4 cm³/mol. The van der Waals surface area contributed by atoms with Gasteiger partial charge in [0.25, 0.3) is 0 Å². The predicted octanol–water partition coefficient (Wildman–Crippen LogP) is 1.15. The zero-order chi connectivity index (χ0) is 11.1. The van der Waals surface area contributed by atoms with Gasteiger partial charge in [-0.2, -0.15) is 0 Å². The van der Waals surface area contributed by atoms with Crippen molar-refractivity contribution >= 4 is 6.09 Å². The number of unbranched alkanes of at least 4 members (excludes halogenated alkanes) is 1. The second kappa shape index (κ2) is 6.63. The van der Waals surface area contributed by atoms with Gasteiger partial charge in [0.2, 0.25) is 0 Å². The van der Waals surface area contributed by atoms with Crippen molar-refractivity contribution in [2.75, 3.05) is 26.8 Å². The van der Waals surface area contributed by atoms with E-state index in [4.69, 9.17) is 9.47 Å². The first-order valence-electron chi connectivity index (χ1n) is 5.47. The molecule has 0 saturated carbocycles. The highest BCUT2D eigenvalue weighted by Crippen LogP contribution is 2.08. The van der Waals surface area contributed by atoms with Crippen molar-refractivity contribution in [2.24, 2.45) is 0 Å². The number of nitrogens with one attached hydrogen (secondary N) is 1. The Hall–Kier alpha value is -0.810. The topological polar surface area (TPSA) is 50.8 Å². The van der Waals surface area contributed by atoms with Crippen LogP contribution >= 0.6 is 0 Å². The van der Waals surface area contributed by atoms with Gasteiger partial charge in [0, 0.05) is 20.2 Å². The maximum Gasteiger partial charge on any atom is 0.421 e. The monoisotopic (exact) mass is 216 g/mol. The van der Waals surface area contributed by atoms with Gasteiger partial charge >= 0.3 is 6.09 Å². The van der Waals surface area contributed by atoms with Crippen LogP contribution in [0.25, 0.3) is 0 Å². The summed E-state index contributed by atoms with van der Waals surface area (Å²) >= 11 is 0. The molecule has 0 aromatic carbocycles. The molecule has 1 unspecified atom stereocenters. The summed E-state index contributed by atoms with van der Waals surface area (Å²) in [6.45, 7) is 4.11. The van der Waals surface area contributed by atoms with E-state index >= 15 is 0 Å². The molecule has 0 aromatic rings. The first-order chi connectivity index (χ1) is 7.26. The largest absolute Gasteiger partial charge is 0.449 e. The molecule has 0 aromatic heterocycles. The number of nitrogens with zero attached hydrogens (tertiary/aromatic N) is 1. The number of carbonyl (C=O) groups is 1. The molecule has 5 heteroatoms. The van der Waals surface area contributed by atoms with Crippen LogP contribution in [0, 0.1) is 0 Å². The van der Waals surface area contributed by atoms with Crippen LogP contribution in [0.1, 0.15) is 26.2 Å². The maximum atomic E-state index is 11.3.